The Morgan fingerprint density at radius 1 is 1.06 bits per heavy atom. The molecule has 3 rings (SSSR count). The van der Waals surface area contributed by atoms with Crippen molar-refractivity contribution >= 4 is 18.0 Å². The summed E-state index contributed by atoms with van der Waals surface area (Å²) >= 11 is 0. The maximum Gasteiger partial charge on any atom is 0.407 e. The lowest BCUT2D eigenvalue weighted by atomic mass is 9.98. The van der Waals surface area contributed by atoms with Crippen molar-refractivity contribution in [2.24, 2.45) is 0 Å². The topological polar surface area (TPSA) is 116 Å². The minimum absolute atomic E-state index is 0.0474. The van der Waals surface area contributed by atoms with Crippen LogP contribution in [0.1, 0.15) is 37.3 Å². The molecule has 1 aliphatic rings. The number of nitrogens with one attached hydrogen (secondary N) is 1. The third-order valence-corrected chi connectivity index (χ3v) is 5.94. The Bertz CT molecular complexity index is 974. The van der Waals surface area contributed by atoms with E-state index in [2.05, 4.69) is 5.32 Å². The predicted molar refractivity (Wildman–Crippen MR) is 118 cm³/mol. The number of rotatable bonds is 8. The third-order valence-electron chi connectivity index (χ3n) is 5.94. The standard InChI is InChI=1S/C24H28N2O6/c1-24(2,14-27)26(3)22(30)20(12-21(28)29)25-23(31)32-13-19-17-10-6-4-8-15(17)16-9-5-7-11-18(16)19/h4-11,19-20,27H,12-14H2,1-3H3,(H,25,31)(H,28,29). The molecule has 0 spiro atoms. The van der Waals surface area contributed by atoms with Gasteiger partial charge in [-0.3, -0.25) is 9.59 Å². The van der Waals surface area contributed by atoms with Crippen molar-refractivity contribution in [3.63, 3.8) is 0 Å². The van der Waals surface area contributed by atoms with Gasteiger partial charge in [0.05, 0.1) is 18.6 Å². The molecule has 1 aliphatic carbocycles. The Balaban J connectivity index is 1.71. The van der Waals surface area contributed by atoms with Gasteiger partial charge >= 0.3 is 12.1 Å². The lowest BCUT2D eigenvalue weighted by Gasteiger charge is -2.36. The number of amides is 2. The van der Waals surface area contributed by atoms with Gasteiger partial charge in [-0.2, -0.15) is 0 Å². The Morgan fingerprint density at radius 2 is 1.59 bits per heavy atom. The second-order valence-electron chi connectivity index (χ2n) is 8.49. The number of carboxylic acid groups (broad SMARTS) is 1. The Hall–Kier alpha value is -3.39. The fourth-order valence-corrected chi connectivity index (χ4v) is 3.80. The average Bonchev–Trinajstić information content (AvgIpc) is 3.09. The summed E-state index contributed by atoms with van der Waals surface area (Å²) < 4.78 is 5.43. The van der Waals surface area contributed by atoms with E-state index in [0.29, 0.717) is 0 Å². The Kier molecular flexibility index (Phi) is 6.84. The van der Waals surface area contributed by atoms with Crippen LogP contribution in [0.15, 0.2) is 48.5 Å². The van der Waals surface area contributed by atoms with Gasteiger partial charge in [0.25, 0.3) is 0 Å². The number of ether oxygens (including phenoxy) is 1. The summed E-state index contributed by atoms with van der Waals surface area (Å²) in [5.74, 6) is -2.02. The zero-order valence-electron chi connectivity index (χ0n) is 18.4. The summed E-state index contributed by atoms with van der Waals surface area (Å²) in [5.41, 5.74) is 3.34. The molecule has 1 unspecified atom stereocenters. The van der Waals surface area contributed by atoms with Gasteiger partial charge in [-0.15, -0.1) is 0 Å². The van der Waals surface area contributed by atoms with E-state index in [1.165, 1.54) is 11.9 Å². The monoisotopic (exact) mass is 440 g/mol. The lowest BCUT2D eigenvalue weighted by molar-refractivity contribution is -0.144. The second-order valence-corrected chi connectivity index (χ2v) is 8.49. The first-order chi connectivity index (χ1) is 15.2. The van der Waals surface area contributed by atoms with Crippen molar-refractivity contribution in [1.82, 2.24) is 10.2 Å². The van der Waals surface area contributed by atoms with E-state index in [0.717, 1.165) is 22.3 Å². The van der Waals surface area contributed by atoms with Crippen LogP contribution in [0.4, 0.5) is 4.79 Å². The molecule has 0 saturated heterocycles. The van der Waals surface area contributed by atoms with E-state index in [1.807, 2.05) is 48.5 Å². The number of likely N-dealkylation sites (N-methyl/N-ethyl adjacent to an activating group) is 1. The van der Waals surface area contributed by atoms with E-state index in [4.69, 9.17) is 4.74 Å². The molecule has 8 nitrogen and oxygen atoms in total. The van der Waals surface area contributed by atoms with Gasteiger partial charge in [0.15, 0.2) is 0 Å². The molecule has 0 fully saturated rings. The van der Waals surface area contributed by atoms with Gasteiger partial charge < -0.3 is 25.2 Å². The third kappa shape index (κ3) is 4.75. The number of nitrogens with zero attached hydrogens (tertiary/aromatic N) is 1. The highest BCUT2D eigenvalue weighted by molar-refractivity contribution is 5.89. The molecule has 0 saturated carbocycles. The van der Waals surface area contributed by atoms with Gasteiger partial charge in [0, 0.05) is 13.0 Å². The van der Waals surface area contributed by atoms with E-state index >= 15 is 0 Å². The normalized spacial score (nSPS) is 13.6. The molecule has 0 aromatic heterocycles. The molecule has 2 aromatic carbocycles. The molecule has 0 heterocycles. The molecule has 2 aromatic rings. The van der Waals surface area contributed by atoms with Crippen molar-refractivity contribution in [2.75, 3.05) is 20.3 Å². The molecular weight excluding hydrogens is 412 g/mol. The molecule has 0 bridgehead atoms. The molecule has 170 valence electrons. The van der Waals surface area contributed by atoms with Crippen LogP contribution in [0.5, 0.6) is 0 Å². The zero-order valence-corrected chi connectivity index (χ0v) is 18.4. The summed E-state index contributed by atoms with van der Waals surface area (Å²) in [5, 5.41) is 21.1. The fraction of sp³-hybridized carbons (Fsp3) is 0.375. The van der Waals surface area contributed by atoms with Gasteiger partial charge in [0.2, 0.25) is 5.91 Å². The highest BCUT2D eigenvalue weighted by Gasteiger charge is 2.34. The van der Waals surface area contributed by atoms with Crippen LogP contribution < -0.4 is 5.32 Å². The molecule has 0 aliphatic heterocycles. The number of hydrogen-bond donors (Lipinski definition) is 3. The van der Waals surface area contributed by atoms with Crippen LogP contribution in [0, 0.1) is 0 Å². The van der Waals surface area contributed by atoms with Crippen LogP contribution in [0.25, 0.3) is 11.1 Å². The summed E-state index contributed by atoms with van der Waals surface area (Å²) in [4.78, 5) is 37.8. The van der Waals surface area contributed by atoms with E-state index < -0.39 is 36.0 Å². The maximum atomic E-state index is 12.8. The summed E-state index contributed by atoms with van der Waals surface area (Å²) in [6, 6.07) is 14.5. The summed E-state index contributed by atoms with van der Waals surface area (Å²) in [7, 11) is 1.45. The number of carbonyl (C=O) groups excluding carboxylic acids is 2. The maximum absolute atomic E-state index is 12.8. The van der Waals surface area contributed by atoms with E-state index in [-0.39, 0.29) is 19.1 Å². The number of aliphatic hydroxyl groups is 1. The SMILES string of the molecule is CN(C(=O)C(CC(=O)O)NC(=O)OCC1c2ccccc2-c2ccccc21)C(C)(C)CO. The highest BCUT2D eigenvalue weighted by Crippen LogP contribution is 2.44. The second kappa shape index (κ2) is 9.40. The minimum Gasteiger partial charge on any atom is -0.481 e. The van der Waals surface area contributed by atoms with Crippen molar-refractivity contribution in [2.45, 2.75) is 37.8 Å². The quantitative estimate of drug-likeness (QED) is 0.581. The first-order valence-electron chi connectivity index (χ1n) is 10.4. The number of fused-ring (bicyclic) bond motifs is 3. The molecule has 1 atom stereocenters. The fourth-order valence-electron chi connectivity index (χ4n) is 3.80. The first-order valence-corrected chi connectivity index (χ1v) is 10.4. The molecule has 2 amide bonds. The van der Waals surface area contributed by atoms with Crippen LogP contribution in [-0.4, -0.2) is 64.9 Å². The Labute approximate surface area is 186 Å². The smallest absolute Gasteiger partial charge is 0.407 e. The van der Waals surface area contributed by atoms with Crippen molar-refractivity contribution in [1.29, 1.82) is 0 Å². The van der Waals surface area contributed by atoms with Crippen LogP contribution in [0.2, 0.25) is 0 Å². The van der Waals surface area contributed by atoms with Crippen LogP contribution in [0.3, 0.4) is 0 Å². The van der Waals surface area contributed by atoms with Crippen molar-refractivity contribution in [3.05, 3.63) is 59.7 Å². The van der Waals surface area contributed by atoms with Crippen LogP contribution >= 0.6 is 0 Å². The van der Waals surface area contributed by atoms with Gasteiger partial charge in [-0.25, -0.2) is 4.79 Å². The number of carbonyl (C=O) groups is 3. The molecule has 3 N–H and O–H groups in total. The molecular formula is C24H28N2O6. The zero-order chi connectivity index (χ0) is 23.5. The Morgan fingerprint density at radius 3 is 2.09 bits per heavy atom. The highest BCUT2D eigenvalue weighted by atomic mass is 16.5. The van der Waals surface area contributed by atoms with E-state index in [1.54, 1.807) is 13.8 Å². The number of benzene rings is 2. The summed E-state index contributed by atoms with van der Waals surface area (Å²) in [6.45, 7) is 3.00. The number of hydrogen-bond acceptors (Lipinski definition) is 5. The van der Waals surface area contributed by atoms with Gasteiger partial charge in [-0.1, -0.05) is 48.5 Å². The molecule has 0 radical (unpaired) electrons. The minimum atomic E-state index is -1.32. The molecule has 32 heavy (non-hydrogen) atoms. The van der Waals surface area contributed by atoms with Gasteiger partial charge in [0.1, 0.15) is 12.6 Å². The van der Waals surface area contributed by atoms with Crippen molar-refractivity contribution in [3.8, 4) is 11.1 Å². The number of carboxylic acids is 1. The average molecular weight is 440 g/mol. The number of aliphatic hydroxyl groups excluding tert-OH is 1. The van der Waals surface area contributed by atoms with E-state index in [9.17, 15) is 24.6 Å². The predicted octanol–water partition coefficient (Wildman–Crippen LogP) is 2.60. The molecule has 8 heteroatoms. The first kappa shape index (κ1) is 23.3. The van der Waals surface area contributed by atoms with Crippen LogP contribution in [-0.2, 0) is 14.3 Å². The lowest BCUT2D eigenvalue weighted by Crippen LogP contribution is -2.56. The van der Waals surface area contributed by atoms with Gasteiger partial charge in [-0.05, 0) is 36.1 Å². The summed E-state index contributed by atoms with van der Waals surface area (Å²) in [6.07, 6.45) is -1.48. The number of aliphatic carboxylic acids is 1. The number of alkyl carbamates (subject to hydrolysis) is 1. The largest absolute Gasteiger partial charge is 0.481 e. The van der Waals surface area contributed by atoms with Crippen molar-refractivity contribution < 1.29 is 29.3 Å².